The molecule has 0 bridgehead atoms. The standard InChI is InChI=1S/C18H25N3S/c1-14(2)16-12-20(3)9-10-21(16)13-18-19-11-17(22-18)15-7-5-4-6-8-15/h4-8,11,14,16H,9-10,12-13H2,1-3H3. The summed E-state index contributed by atoms with van der Waals surface area (Å²) in [5.74, 6) is 0.677. The van der Waals surface area contributed by atoms with Crippen LogP contribution in [0.5, 0.6) is 0 Å². The molecular weight excluding hydrogens is 290 g/mol. The Labute approximate surface area is 137 Å². The fourth-order valence-corrected chi connectivity index (χ4v) is 4.06. The Morgan fingerprint density at radius 2 is 2.00 bits per heavy atom. The van der Waals surface area contributed by atoms with Crippen LogP contribution in [0.3, 0.4) is 0 Å². The second kappa shape index (κ2) is 6.90. The maximum Gasteiger partial charge on any atom is 0.107 e. The predicted octanol–water partition coefficient (Wildman–Crippen LogP) is 3.58. The monoisotopic (exact) mass is 315 g/mol. The quantitative estimate of drug-likeness (QED) is 0.859. The van der Waals surface area contributed by atoms with Crippen LogP contribution in [0.4, 0.5) is 0 Å². The van der Waals surface area contributed by atoms with Crippen LogP contribution in [0.1, 0.15) is 18.9 Å². The molecule has 0 N–H and O–H groups in total. The van der Waals surface area contributed by atoms with E-state index < -0.39 is 0 Å². The number of piperazine rings is 1. The smallest absolute Gasteiger partial charge is 0.107 e. The summed E-state index contributed by atoms with van der Waals surface area (Å²) in [7, 11) is 2.23. The summed E-state index contributed by atoms with van der Waals surface area (Å²) in [4.78, 5) is 11.0. The molecule has 2 aromatic rings. The minimum atomic E-state index is 0.628. The number of thiazole rings is 1. The normalized spacial score (nSPS) is 20.6. The SMILES string of the molecule is CC(C)C1CN(C)CCN1Cc1ncc(-c2ccccc2)s1. The average Bonchev–Trinajstić information content (AvgIpc) is 2.98. The molecule has 0 amide bonds. The van der Waals surface area contributed by atoms with Gasteiger partial charge in [0.05, 0.1) is 11.4 Å². The van der Waals surface area contributed by atoms with Crippen molar-refractivity contribution >= 4 is 11.3 Å². The molecule has 0 saturated carbocycles. The molecule has 1 saturated heterocycles. The molecule has 0 aliphatic carbocycles. The summed E-state index contributed by atoms with van der Waals surface area (Å²) < 4.78 is 0. The van der Waals surface area contributed by atoms with Gasteiger partial charge in [-0.15, -0.1) is 11.3 Å². The predicted molar refractivity (Wildman–Crippen MR) is 94.1 cm³/mol. The van der Waals surface area contributed by atoms with Crippen molar-refractivity contribution < 1.29 is 0 Å². The summed E-state index contributed by atoms with van der Waals surface area (Å²) >= 11 is 1.83. The van der Waals surface area contributed by atoms with Crippen molar-refractivity contribution in [3.63, 3.8) is 0 Å². The van der Waals surface area contributed by atoms with Gasteiger partial charge in [-0.3, -0.25) is 4.90 Å². The summed E-state index contributed by atoms with van der Waals surface area (Å²) in [6.07, 6.45) is 2.02. The molecule has 22 heavy (non-hydrogen) atoms. The van der Waals surface area contributed by atoms with E-state index >= 15 is 0 Å². The number of rotatable bonds is 4. The van der Waals surface area contributed by atoms with E-state index in [-0.39, 0.29) is 0 Å². The van der Waals surface area contributed by atoms with Gasteiger partial charge in [0, 0.05) is 31.9 Å². The zero-order chi connectivity index (χ0) is 15.5. The van der Waals surface area contributed by atoms with Crippen LogP contribution in [0, 0.1) is 5.92 Å². The molecule has 0 radical (unpaired) electrons. The molecule has 2 heterocycles. The van der Waals surface area contributed by atoms with Crippen LogP contribution < -0.4 is 0 Å². The lowest BCUT2D eigenvalue weighted by Gasteiger charge is -2.41. The largest absolute Gasteiger partial charge is 0.304 e. The lowest BCUT2D eigenvalue weighted by atomic mass is 10.00. The molecule has 1 aromatic carbocycles. The van der Waals surface area contributed by atoms with Crippen molar-refractivity contribution in [3.05, 3.63) is 41.5 Å². The highest BCUT2D eigenvalue weighted by molar-refractivity contribution is 7.15. The van der Waals surface area contributed by atoms with E-state index in [0.717, 1.165) is 26.2 Å². The third-order valence-corrected chi connectivity index (χ3v) is 5.49. The van der Waals surface area contributed by atoms with E-state index in [2.05, 4.69) is 66.0 Å². The van der Waals surface area contributed by atoms with Gasteiger partial charge in [0.2, 0.25) is 0 Å². The van der Waals surface area contributed by atoms with Gasteiger partial charge in [-0.1, -0.05) is 44.2 Å². The molecule has 1 aliphatic rings. The Bertz CT molecular complexity index is 593. The fraction of sp³-hybridized carbons (Fsp3) is 0.500. The summed E-state index contributed by atoms with van der Waals surface area (Å²) in [5, 5.41) is 1.23. The van der Waals surface area contributed by atoms with Crippen LogP contribution >= 0.6 is 11.3 Å². The number of hydrogen-bond acceptors (Lipinski definition) is 4. The first kappa shape index (κ1) is 15.7. The Kier molecular flexibility index (Phi) is 4.91. The average molecular weight is 315 g/mol. The third kappa shape index (κ3) is 3.57. The molecule has 1 atom stereocenters. The summed E-state index contributed by atoms with van der Waals surface area (Å²) in [6.45, 7) is 9.09. The van der Waals surface area contributed by atoms with Crippen molar-refractivity contribution in [3.8, 4) is 10.4 Å². The molecule has 1 unspecified atom stereocenters. The van der Waals surface area contributed by atoms with E-state index in [4.69, 9.17) is 0 Å². The minimum absolute atomic E-state index is 0.628. The fourth-order valence-electron chi connectivity index (χ4n) is 3.11. The van der Waals surface area contributed by atoms with E-state index in [1.54, 1.807) is 0 Å². The Morgan fingerprint density at radius 3 is 2.73 bits per heavy atom. The lowest BCUT2D eigenvalue weighted by molar-refractivity contribution is 0.0570. The van der Waals surface area contributed by atoms with Gasteiger partial charge in [-0.2, -0.15) is 0 Å². The Hall–Kier alpha value is -1.23. The van der Waals surface area contributed by atoms with Crippen molar-refractivity contribution in [2.45, 2.75) is 26.4 Å². The van der Waals surface area contributed by atoms with Gasteiger partial charge in [-0.05, 0) is 18.5 Å². The highest BCUT2D eigenvalue weighted by atomic mass is 32.1. The van der Waals surface area contributed by atoms with Gasteiger partial charge < -0.3 is 4.90 Å². The molecule has 1 aromatic heterocycles. The van der Waals surface area contributed by atoms with Gasteiger partial charge >= 0.3 is 0 Å². The second-order valence-electron chi connectivity index (χ2n) is 6.53. The van der Waals surface area contributed by atoms with Crippen molar-refractivity contribution in [2.75, 3.05) is 26.7 Å². The third-order valence-electron chi connectivity index (χ3n) is 4.46. The lowest BCUT2D eigenvalue weighted by Crippen LogP contribution is -2.53. The first-order valence-corrected chi connectivity index (χ1v) is 8.88. The van der Waals surface area contributed by atoms with Crippen molar-refractivity contribution in [1.29, 1.82) is 0 Å². The van der Waals surface area contributed by atoms with Gasteiger partial charge in [-0.25, -0.2) is 4.98 Å². The summed E-state index contributed by atoms with van der Waals surface area (Å²) in [5.41, 5.74) is 1.27. The highest BCUT2D eigenvalue weighted by Crippen LogP contribution is 2.28. The Balaban J connectivity index is 1.71. The summed E-state index contributed by atoms with van der Waals surface area (Å²) in [6, 6.07) is 11.2. The molecule has 1 aliphatic heterocycles. The Morgan fingerprint density at radius 1 is 1.23 bits per heavy atom. The number of hydrogen-bond donors (Lipinski definition) is 0. The van der Waals surface area contributed by atoms with Gasteiger partial charge in [0.25, 0.3) is 0 Å². The molecule has 4 heteroatoms. The number of nitrogens with zero attached hydrogens (tertiary/aromatic N) is 3. The van der Waals surface area contributed by atoms with E-state index in [9.17, 15) is 0 Å². The van der Waals surface area contributed by atoms with Crippen LogP contribution in [0.25, 0.3) is 10.4 Å². The highest BCUT2D eigenvalue weighted by Gasteiger charge is 2.28. The van der Waals surface area contributed by atoms with Gasteiger partial charge in [0.15, 0.2) is 0 Å². The first-order valence-electron chi connectivity index (χ1n) is 8.06. The van der Waals surface area contributed by atoms with Crippen LogP contribution in [-0.2, 0) is 6.54 Å². The first-order chi connectivity index (χ1) is 10.6. The zero-order valence-electron chi connectivity index (χ0n) is 13.7. The molecule has 3 rings (SSSR count). The minimum Gasteiger partial charge on any atom is -0.304 e. The molecule has 0 spiro atoms. The van der Waals surface area contributed by atoms with Crippen LogP contribution in [-0.4, -0.2) is 47.5 Å². The maximum atomic E-state index is 4.66. The van der Waals surface area contributed by atoms with Crippen LogP contribution in [0.15, 0.2) is 36.5 Å². The maximum absolute atomic E-state index is 4.66. The number of likely N-dealkylation sites (N-methyl/N-ethyl adjacent to an activating group) is 1. The molecule has 1 fully saturated rings. The van der Waals surface area contributed by atoms with Crippen molar-refractivity contribution in [1.82, 2.24) is 14.8 Å². The number of benzene rings is 1. The van der Waals surface area contributed by atoms with Crippen molar-refractivity contribution in [2.24, 2.45) is 5.92 Å². The zero-order valence-corrected chi connectivity index (χ0v) is 14.5. The van der Waals surface area contributed by atoms with Gasteiger partial charge in [0.1, 0.15) is 5.01 Å². The second-order valence-corrected chi connectivity index (χ2v) is 7.64. The van der Waals surface area contributed by atoms with E-state index in [1.165, 1.54) is 15.4 Å². The van der Waals surface area contributed by atoms with E-state index in [1.807, 2.05) is 17.5 Å². The number of aromatic nitrogens is 1. The molecular formula is C18H25N3S. The molecule has 118 valence electrons. The van der Waals surface area contributed by atoms with E-state index in [0.29, 0.717) is 12.0 Å². The van der Waals surface area contributed by atoms with Crippen LogP contribution in [0.2, 0.25) is 0 Å². The topological polar surface area (TPSA) is 19.4 Å². The molecule has 3 nitrogen and oxygen atoms in total.